The Kier molecular flexibility index (Phi) is 10.7. The summed E-state index contributed by atoms with van der Waals surface area (Å²) in [5.41, 5.74) is 1.80. The molecule has 10 nitrogen and oxygen atoms in total. The normalized spacial score (nSPS) is 44.9. The number of rotatable bonds is 7. The molecule has 8 saturated carbocycles. The Balaban J connectivity index is 0.000000144. The maximum Gasteiger partial charge on any atom is 0.165 e. The third-order valence-electron chi connectivity index (χ3n) is 24.2. The number of phenols is 2. The zero-order chi connectivity index (χ0) is 48.8. The number of likely N-dealkylation sites (tertiary alicyclic amines) is 2. The number of hydrogen-bond donors (Lipinski definition) is 4. The summed E-state index contributed by atoms with van der Waals surface area (Å²) >= 11 is 0. The van der Waals surface area contributed by atoms with Gasteiger partial charge in [0.15, 0.2) is 29.3 Å². The maximum atomic E-state index is 12.5. The van der Waals surface area contributed by atoms with Crippen LogP contribution in [0.15, 0.2) is 24.3 Å². The Morgan fingerprint density at radius 3 is 1.69 bits per heavy atom. The lowest BCUT2D eigenvalue weighted by Gasteiger charge is -2.77. The van der Waals surface area contributed by atoms with Crippen molar-refractivity contribution in [2.24, 2.45) is 45.3 Å². The summed E-state index contributed by atoms with van der Waals surface area (Å²) in [6, 6.07) is 8.94. The van der Waals surface area contributed by atoms with Crippen LogP contribution in [0.3, 0.4) is 0 Å². The van der Waals surface area contributed by atoms with Gasteiger partial charge in [-0.15, -0.1) is 0 Å². The van der Waals surface area contributed by atoms with Gasteiger partial charge in [-0.2, -0.15) is 0 Å². The molecule has 4 N–H and O–H groups in total. The van der Waals surface area contributed by atoms with Crippen LogP contribution >= 0.6 is 0 Å². The number of nitrogens with zero attached hydrogens (tertiary/aromatic N) is 2. The van der Waals surface area contributed by atoms with Crippen LogP contribution in [0.5, 0.6) is 23.0 Å². The summed E-state index contributed by atoms with van der Waals surface area (Å²) < 4.78 is 28.1. The fraction of sp³-hybridized carbons (Fsp3) is 0.806. The van der Waals surface area contributed by atoms with Gasteiger partial charge in [-0.1, -0.05) is 81.9 Å². The Morgan fingerprint density at radius 1 is 0.667 bits per heavy atom. The summed E-state index contributed by atoms with van der Waals surface area (Å²) in [6.07, 6.45) is 16.8. The lowest BCUT2D eigenvalue weighted by Crippen LogP contribution is -2.85. The van der Waals surface area contributed by atoms with Crippen LogP contribution in [0.2, 0.25) is 0 Å². The van der Waals surface area contributed by atoms with Gasteiger partial charge in [0.05, 0.1) is 11.2 Å². The Hall–Kier alpha value is -2.60. The number of fused-ring (bicyclic) bond motifs is 3. The third-order valence-corrected chi connectivity index (χ3v) is 24.2. The third kappa shape index (κ3) is 5.80. The van der Waals surface area contributed by atoms with Crippen molar-refractivity contribution in [2.75, 3.05) is 26.2 Å². The fourth-order valence-corrected chi connectivity index (χ4v) is 19.8. The second-order valence-electron chi connectivity index (χ2n) is 28.6. The highest BCUT2D eigenvalue weighted by Gasteiger charge is 2.85. The SMILES string of the molecule is C.C.CC(C)(C)[C@@](C)(O)[C@H]1C[C@@]23CC[C@]1(O)[C@@H]1Oc4c(O)ccc5c4[C@@]12CCN(CC1CC1)[C@@H]3C5.CCCC1O[C@]23CC[C@@]4(C[C@@H]2[C@@](C)(C(C)(C)C)O1)[C@H]1Cc2ccc(O)c5c2[C@@]4(CCN1CC1CC1)[C@H]3O5. The van der Waals surface area contributed by atoms with E-state index in [4.69, 9.17) is 18.9 Å². The number of ether oxygens (including phenoxy) is 4. The standard InChI is InChI=1S/C32H45NO4.C28H39NO4.2CH4/c1-6-7-24-36-29(5,28(2,3)4)22-17-30-12-13-32(22,37-24)27-31(30)14-15-33(18-19-8-9-19)23(30)16-20-10-11-21(34)26(35-27)25(20)31;1-24(2,3)25(4,31)19-14-26-9-10-28(19,32)23-27(26)11-12-29(15-16-5-6-16)20(26)13-17-7-8-18(30)22(33-23)21(17)27;;/h10-11,19,22-24,27,34H,6-9,12-18H2,1-5H3;7-8,16,19-20,23,30-32H,5-6,9-15H2,1-4H3;2*1H4/t22-,23-,24?,27-,29+,30-,31+,32-;19-,20-,23-,25+,26-,27+,28-;;/m11../s1. The van der Waals surface area contributed by atoms with E-state index < -0.39 is 17.3 Å². The first-order chi connectivity index (χ1) is 33.1. The van der Waals surface area contributed by atoms with E-state index in [1.54, 1.807) is 6.07 Å². The van der Waals surface area contributed by atoms with Crippen LogP contribution in [0.4, 0.5) is 0 Å². The largest absolute Gasteiger partial charge is 0.504 e. The average molecular weight is 993 g/mol. The summed E-state index contributed by atoms with van der Waals surface area (Å²) in [5, 5.41) is 46.5. The average Bonchev–Trinajstić information content (AvgIpc) is 4.23. The van der Waals surface area contributed by atoms with Gasteiger partial charge in [0, 0.05) is 69.8 Å². The van der Waals surface area contributed by atoms with Crippen LogP contribution in [-0.4, -0.2) is 109 Å². The summed E-state index contributed by atoms with van der Waals surface area (Å²) in [7, 11) is 0. The van der Waals surface area contributed by atoms with Gasteiger partial charge in [0.2, 0.25) is 0 Å². The van der Waals surface area contributed by atoms with Crippen molar-refractivity contribution in [3.63, 3.8) is 0 Å². The van der Waals surface area contributed by atoms with Gasteiger partial charge in [-0.3, -0.25) is 9.80 Å². The number of piperidine rings is 2. The Labute approximate surface area is 432 Å². The quantitative estimate of drug-likeness (QED) is 0.213. The number of aliphatic hydroxyl groups is 2. The molecule has 72 heavy (non-hydrogen) atoms. The van der Waals surface area contributed by atoms with Gasteiger partial charge in [0.1, 0.15) is 23.4 Å². The van der Waals surface area contributed by atoms with Crippen molar-refractivity contribution in [3.05, 3.63) is 46.5 Å². The molecule has 0 aromatic heterocycles. The fourth-order valence-electron chi connectivity index (χ4n) is 19.8. The van der Waals surface area contributed by atoms with Gasteiger partial charge >= 0.3 is 0 Å². The molecule has 5 spiro atoms. The molecule has 398 valence electrons. The number of hydrogen-bond acceptors (Lipinski definition) is 10. The lowest BCUT2D eigenvalue weighted by atomic mass is 9.33. The molecule has 8 bridgehead atoms. The zero-order valence-corrected chi connectivity index (χ0v) is 44.0. The minimum absolute atomic E-state index is 0. The van der Waals surface area contributed by atoms with E-state index >= 15 is 0 Å². The number of aromatic hydroxyl groups is 2. The first-order valence-corrected chi connectivity index (χ1v) is 28.4. The first-order valence-electron chi connectivity index (χ1n) is 28.4. The lowest BCUT2D eigenvalue weighted by molar-refractivity contribution is -0.420. The Bertz CT molecular complexity index is 2540. The molecular formula is C62H92N2O8. The van der Waals surface area contributed by atoms with Crippen molar-refractivity contribution in [1.29, 1.82) is 0 Å². The molecule has 0 radical (unpaired) electrons. The smallest absolute Gasteiger partial charge is 0.165 e. The summed E-state index contributed by atoms with van der Waals surface area (Å²) in [4.78, 5) is 5.66. The van der Waals surface area contributed by atoms with Gasteiger partial charge in [-0.25, -0.2) is 0 Å². The highest BCUT2D eigenvalue weighted by molar-refractivity contribution is 5.65. The first kappa shape index (κ1) is 50.2. The molecule has 5 aliphatic heterocycles. The van der Waals surface area contributed by atoms with Crippen LogP contribution in [0, 0.1) is 45.3 Å². The van der Waals surface area contributed by atoms with Gasteiger partial charge < -0.3 is 39.4 Å². The highest BCUT2D eigenvalue weighted by Crippen LogP contribution is 2.80. The van der Waals surface area contributed by atoms with Crippen molar-refractivity contribution in [1.82, 2.24) is 9.80 Å². The van der Waals surface area contributed by atoms with Gasteiger partial charge in [-0.05, 0) is 169 Å². The molecule has 11 fully saturated rings. The van der Waals surface area contributed by atoms with E-state index in [9.17, 15) is 20.4 Å². The molecule has 10 heteroatoms. The molecule has 15 aliphatic rings. The van der Waals surface area contributed by atoms with Crippen LogP contribution < -0.4 is 9.47 Å². The van der Waals surface area contributed by atoms with E-state index in [1.807, 2.05) is 13.0 Å². The van der Waals surface area contributed by atoms with Crippen molar-refractivity contribution in [2.45, 2.75) is 244 Å². The molecular weight excluding hydrogens is 901 g/mol. The minimum Gasteiger partial charge on any atom is -0.504 e. The van der Waals surface area contributed by atoms with Crippen molar-refractivity contribution < 1.29 is 39.4 Å². The summed E-state index contributed by atoms with van der Waals surface area (Å²) in [6.45, 7) is 24.5. The highest BCUT2D eigenvalue weighted by atomic mass is 16.7. The van der Waals surface area contributed by atoms with E-state index in [1.165, 1.54) is 67.4 Å². The topological polar surface area (TPSA) is 124 Å². The molecule has 5 heterocycles. The van der Waals surface area contributed by atoms with Crippen molar-refractivity contribution in [3.8, 4) is 23.0 Å². The Morgan fingerprint density at radius 2 is 1.18 bits per heavy atom. The molecule has 1 unspecified atom stereocenters. The molecule has 2 aromatic carbocycles. The molecule has 0 amide bonds. The molecule has 17 rings (SSSR count). The molecule has 10 aliphatic carbocycles. The van der Waals surface area contributed by atoms with E-state index in [0.29, 0.717) is 30.0 Å². The maximum absolute atomic E-state index is 12.5. The second-order valence-corrected chi connectivity index (χ2v) is 28.6. The van der Waals surface area contributed by atoms with E-state index in [-0.39, 0.29) is 88.5 Å². The predicted molar refractivity (Wildman–Crippen MR) is 281 cm³/mol. The van der Waals surface area contributed by atoms with E-state index in [0.717, 1.165) is 94.9 Å². The van der Waals surface area contributed by atoms with E-state index in [2.05, 4.69) is 77.3 Å². The van der Waals surface area contributed by atoms with Gasteiger partial charge in [0.25, 0.3) is 0 Å². The van der Waals surface area contributed by atoms with Crippen LogP contribution in [0.1, 0.15) is 189 Å². The molecule has 3 saturated heterocycles. The second kappa shape index (κ2) is 15.3. The monoisotopic (exact) mass is 993 g/mol. The van der Waals surface area contributed by atoms with Crippen LogP contribution in [-0.2, 0) is 33.1 Å². The number of benzene rings is 2. The summed E-state index contributed by atoms with van der Waals surface area (Å²) in [5.74, 6) is 3.64. The zero-order valence-electron chi connectivity index (χ0n) is 44.0. The van der Waals surface area contributed by atoms with Crippen LogP contribution in [0.25, 0.3) is 0 Å². The number of phenolic OH excluding ortho intramolecular Hbond substituents is 2. The molecule has 15 atom stereocenters. The minimum atomic E-state index is -1.11. The van der Waals surface area contributed by atoms with Crippen molar-refractivity contribution >= 4 is 0 Å². The predicted octanol–water partition coefficient (Wildman–Crippen LogP) is 11.0. The molecule has 2 aromatic rings.